The van der Waals surface area contributed by atoms with Gasteiger partial charge in [-0.25, -0.2) is 0 Å². The van der Waals surface area contributed by atoms with Gasteiger partial charge >= 0.3 is 0 Å². The van der Waals surface area contributed by atoms with Gasteiger partial charge in [0.2, 0.25) is 0 Å². The molecule has 4 aromatic rings. The van der Waals surface area contributed by atoms with E-state index < -0.39 is 0 Å². The molecule has 89 valence electrons. The highest BCUT2D eigenvalue weighted by molar-refractivity contribution is 7.25. The van der Waals surface area contributed by atoms with E-state index in [1.54, 1.807) is 0 Å². The molecule has 19 heavy (non-hydrogen) atoms. The molecule has 4 rings (SSSR count). The first kappa shape index (κ1) is 10.8. The van der Waals surface area contributed by atoms with Crippen molar-refractivity contribution in [2.45, 2.75) is 0 Å². The van der Waals surface area contributed by atoms with Crippen molar-refractivity contribution in [2.24, 2.45) is 0 Å². The van der Waals surface area contributed by atoms with Crippen molar-refractivity contribution in [3.8, 4) is 11.1 Å². The Labute approximate surface area is 115 Å². The van der Waals surface area contributed by atoms with Crippen molar-refractivity contribution in [3.05, 3.63) is 72.8 Å². The molecular formula is C18H11S. The molecule has 0 fully saturated rings. The van der Waals surface area contributed by atoms with Crippen LogP contribution in [0, 0.1) is 6.07 Å². The quantitative estimate of drug-likeness (QED) is 0.422. The lowest BCUT2D eigenvalue weighted by atomic mass is 10.0. The van der Waals surface area contributed by atoms with Crippen molar-refractivity contribution in [1.82, 2.24) is 0 Å². The fraction of sp³-hybridized carbons (Fsp3) is 0. The van der Waals surface area contributed by atoms with Gasteiger partial charge in [-0.05, 0) is 35.4 Å². The van der Waals surface area contributed by atoms with Gasteiger partial charge < -0.3 is 0 Å². The van der Waals surface area contributed by atoms with Crippen LogP contribution in [0.15, 0.2) is 66.7 Å². The van der Waals surface area contributed by atoms with Crippen LogP contribution in [-0.2, 0) is 0 Å². The Hall–Kier alpha value is -2.12. The summed E-state index contributed by atoms with van der Waals surface area (Å²) in [5.41, 5.74) is 2.55. The molecule has 1 aromatic heterocycles. The maximum Gasteiger partial charge on any atom is 0.0361 e. The van der Waals surface area contributed by atoms with E-state index in [1.807, 2.05) is 17.4 Å². The molecule has 0 aliphatic heterocycles. The molecule has 1 radical (unpaired) electrons. The Morgan fingerprint density at radius 1 is 0.737 bits per heavy atom. The topological polar surface area (TPSA) is 0 Å². The average molecular weight is 259 g/mol. The molecule has 0 aliphatic carbocycles. The van der Waals surface area contributed by atoms with Gasteiger partial charge in [-0.3, -0.25) is 0 Å². The summed E-state index contributed by atoms with van der Waals surface area (Å²) in [5, 5.41) is 2.67. The predicted molar refractivity (Wildman–Crippen MR) is 83.6 cm³/mol. The molecule has 0 saturated carbocycles. The first-order valence-corrected chi connectivity index (χ1v) is 7.11. The number of rotatable bonds is 1. The van der Waals surface area contributed by atoms with Gasteiger partial charge in [0, 0.05) is 20.2 Å². The highest BCUT2D eigenvalue weighted by atomic mass is 32.1. The molecule has 0 bridgehead atoms. The Morgan fingerprint density at radius 3 is 2.53 bits per heavy atom. The molecule has 0 saturated heterocycles. The average Bonchev–Trinajstić information content (AvgIpc) is 2.86. The van der Waals surface area contributed by atoms with Crippen LogP contribution in [0.3, 0.4) is 0 Å². The first-order chi connectivity index (χ1) is 9.42. The number of hydrogen-bond donors (Lipinski definition) is 0. The van der Waals surface area contributed by atoms with Crippen LogP contribution in [0.4, 0.5) is 0 Å². The maximum atomic E-state index is 3.15. The summed E-state index contributed by atoms with van der Waals surface area (Å²) in [7, 11) is 0. The van der Waals surface area contributed by atoms with Gasteiger partial charge in [0.25, 0.3) is 0 Å². The SMILES string of the molecule is [c]1ccc2c(c1)sc1ccc(-c3ccccc3)cc12. The van der Waals surface area contributed by atoms with Gasteiger partial charge in [-0.2, -0.15) is 0 Å². The summed E-state index contributed by atoms with van der Waals surface area (Å²) >= 11 is 1.83. The summed E-state index contributed by atoms with van der Waals surface area (Å²) in [6.07, 6.45) is 0. The van der Waals surface area contributed by atoms with E-state index in [-0.39, 0.29) is 0 Å². The van der Waals surface area contributed by atoms with E-state index >= 15 is 0 Å². The molecular weight excluding hydrogens is 248 g/mol. The second kappa shape index (κ2) is 4.22. The summed E-state index contributed by atoms with van der Waals surface area (Å²) in [5.74, 6) is 0. The molecule has 3 aromatic carbocycles. The highest BCUT2D eigenvalue weighted by Crippen LogP contribution is 2.35. The fourth-order valence-electron chi connectivity index (χ4n) is 2.48. The zero-order chi connectivity index (χ0) is 12.7. The van der Waals surface area contributed by atoms with E-state index in [4.69, 9.17) is 0 Å². The van der Waals surface area contributed by atoms with Crippen molar-refractivity contribution in [3.63, 3.8) is 0 Å². The second-order valence-electron chi connectivity index (χ2n) is 4.60. The van der Waals surface area contributed by atoms with Crippen molar-refractivity contribution >= 4 is 31.5 Å². The number of fused-ring (bicyclic) bond motifs is 3. The molecule has 1 heterocycles. The lowest BCUT2D eigenvalue weighted by Crippen LogP contribution is -1.76. The minimum Gasteiger partial charge on any atom is -0.135 e. The molecule has 1 heteroatoms. The number of thiophene rings is 1. The van der Waals surface area contributed by atoms with E-state index in [0.29, 0.717) is 0 Å². The van der Waals surface area contributed by atoms with Gasteiger partial charge in [-0.15, -0.1) is 11.3 Å². The van der Waals surface area contributed by atoms with Crippen LogP contribution in [0.5, 0.6) is 0 Å². The molecule has 0 nitrogen and oxygen atoms in total. The van der Waals surface area contributed by atoms with E-state index in [0.717, 1.165) is 0 Å². The van der Waals surface area contributed by atoms with E-state index in [2.05, 4.69) is 66.7 Å². The van der Waals surface area contributed by atoms with Gasteiger partial charge in [-0.1, -0.05) is 48.5 Å². The summed E-state index contributed by atoms with van der Waals surface area (Å²) in [4.78, 5) is 0. The first-order valence-electron chi connectivity index (χ1n) is 6.29. The van der Waals surface area contributed by atoms with E-state index in [1.165, 1.54) is 31.3 Å². The largest absolute Gasteiger partial charge is 0.135 e. The summed E-state index contributed by atoms with van der Waals surface area (Å²) < 4.78 is 2.65. The van der Waals surface area contributed by atoms with Crippen LogP contribution in [-0.4, -0.2) is 0 Å². The second-order valence-corrected chi connectivity index (χ2v) is 5.69. The highest BCUT2D eigenvalue weighted by Gasteiger charge is 2.05. The minimum atomic E-state index is 1.27. The number of hydrogen-bond acceptors (Lipinski definition) is 1. The van der Waals surface area contributed by atoms with Crippen LogP contribution in [0.25, 0.3) is 31.3 Å². The van der Waals surface area contributed by atoms with Gasteiger partial charge in [0.1, 0.15) is 0 Å². The standard InChI is InChI=1S/C18H11S/c1-2-6-13(7-3-1)14-10-11-18-16(12-14)15-8-4-5-9-17(15)19-18/h1-4,6-12H. The maximum absolute atomic E-state index is 3.15. The van der Waals surface area contributed by atoms with Gasteiger partial charge in [0.05, 0.1) is 0 Å². The third-order valence-corrected chi connectivity index (χ3v) is 4.56. The smallest absolute Gasteiger partial charge is 0.0361 e. The molecule has 0 unspecified atom stereocenters. The lowest BCUT2D eigenvalue weighted by Gasteiger charge is -2.01. The van der Waals surface area contributed by atoms with Crippen LogP contribution in [0.2, 0.25) is 0 Å². The third kappa shape index (κ3) is 1.74. The van der Waals surface area contributed by atoms with Crippen LogP contribution < -0.4 is 0 Å². The van der Waals surface area contributed by atoms with Crippen LogP contribution >= 0.6 is 11.3 Å². The lowest BCUT2D eigenvalue weighted by molar-refractivity contribution is 1.66. The zero-order valence-electron chi connectivity index (χ0n) is 10.3. The molecule has 0 atom stereocenters. The Morgan fingerprint density at radius 2 is 1.63 bits per heavy atom. The monoisotopic (exact) mass is 259 g/mol. The molecule has 0 spiro atoms. The molecule has 0 aliphatic rings. The Balaban J connectivity index is 2.03. The third-order valence-electron chi connectivity index (χ3n) is 3.42. The van der Waals surface area contributed by atoms with Crippen molar-refractivity contribution in [1.29, 1.82) is 0 Å². The predicted octanol–water partition coefficient (Wildman–Crippen LogP) is 5.52. The molecule has 0 amide bonds. The van der Waals surface area contributed by atoms with Gasteiger partial charge in [0.15, 0.2) is 0 Å². The summed E-state index contributed by atoms with van der Waals surface area (Å²) in [6, 6.07) is 26.6. The normalized spacial score (nSPS) is 11.2. The Kier molecular flexibility index (Phi) is 2.39. The van der Waals surface area contributed by atoms with Crippen LogP contribution in [0.1, 0.15) is 0 Å². The fourth-order valence-corrected chi connectivity index (χ4v) is 3.55. The van der Waals surface area contributed by atoms with Crippen molar-refractivity contribution < 1.29 is 0 Å². The Bertz CT molecular complexity index is 857. The van der Waals surface area contributed by atoms with Crippen molar-refractivity contribution in [2.75, 3.05) is 0 Å². The summed E-state index contributed by atoms with van der Waals surface area (Å²) in [6.45, 7) is 0. The molecule has 0 N–H and O–H groups in total. The minimum absolute atomic E-state index is 1.27. The zero-order valence-corrected chi connectivity index (χ0v) is 11.1. The number of benzene rings is 3. The van der Waals surface area contributed by atoms with E-state index in [9.17, 15) is 0 Å².